The van der Waals surface area contributed by atoms with Crippen LogP contribution in [-0.4, -0.2) is 4.98 Å². The number of anilines is 2. The van der Waals surface area contributed by atoms with Crippen molar-refractivity contribution in [1.82, 2.24) is 4.98 Å². The van der Waals surface area contributed by atoms with Gasteiger partial charge in [-0.25, -0.2) is 13.8 Å². The largest absolute Gasteiger partial charge is 0.340 e. The molecular weight excluding hydrogens is 278 g/mol. The Hall–Kier alpha value is -1.49. The van der Waals surface area contributed by atoms with Crippen LogP contribution in [0.5, 0.6) is 0 Å². The van der Waals surface area contributed by atoms with E-state index in [1.807, 2.05) is 0 Å². The first-order chi connectivity index (χ1) is 7.65. The van der Waals surface area contributed by atoms with E-state index in [0.29, 0.717) is 11.5 Å². The number of halogens is 3. The molecule has 16 heavy (non-hydrogen) atoms. The van der Waals surface area contributed by atoms with Crippen LogP contribution in [0, 0.1) is 11.6 Å². The maximum Gasteiger partial charge on any atom is 0.160 e. The van der Waals surface area contributed by atoms with Crippen LogP contribution in [0.15, 0.2) is 41.0 Å². The van der Waals surface area contributed by atoms with Crippen LogP contribution in [0.2, 0.25) is 0 Å². The number of hydrogen-bond donors (Lipinski definition) is 1. The second kappa shape index (κ2) is 4.57. The summed E-state index contributed by atoms with van der Waals surface area (Å²) in [6, 6.07) is 7.12. The van der Waals surface area contributed by atoms with E-state index in [4.69, 9.17) is 0 Å². The molecule has 0 spiro atoms. The molecule has 2 rings (SSSR count). The monoisotopic (exact) mass is 284 g/mol. The van der Waals surface area contributed by atoms with Gasteiger partial charge in [0.1, 0.15) is 5.82 Å². The highest BCUT2D eigenvalue weighted by Gasteiger charge is 2.02. The van der Waals surface area contributed by atoms with E-state index < -0.39 is 11.6 Å². The molecule has 1 N–H and O–H groups in total. The molecule has 0 bridgehead atoms. The Balaban J connectivity index is 2.20. The number of aromatic nitrogens is 1. The number of nitrogens with one attached hydrogen (secondary N) is 1. The number of hydrogen-bond acceptors (Lipinski definition) is 2. The fourth-order valence-electron chi connectivity index (χ4n) is 1.17. The zero-order valence-electron chi connectivity index (χ0n) is 8.05. The normalized spacial score (nSPS) is 10.2. The van der Waals surface area contributed by atoms with Crippen LogP contribution in [0.1, 0.15) is 0 Å². The molecule has 0 atom stereocenters. The summed E-state index contributed by atoms with van der Waals surface area (Å²) in [7, 11) is 0. The molecule has 5 heteroatoms. The number of nitrogens with zero attached hydrogens (tertiary/aromatic N) is 1. The van der Waals surface area contributed by atoms with Gasteiger partial charge in [0.2, 0.25) is 0 Å². The van der Waals surface area contributed by atoms with Gasteiger partial charge in [-0.05, 0) is 40.2 Å². The lowest BCUT2D eigenvalue weighted by Gasteiger charge is -2.05. The van der Waals surface area contributed by atoms with Crippen LogP contribution in [0.25, 0.3) is 0 Å². The second-order valence-corrected chi connectivity index (χ2v) is 4.03. The maximum absolute atomic E-state index is 12.9. The number of pyridine rings is 1. The number of rotatable bonds is 2. The van der Waals surface area contributed by atoms with E-state index in [9.17, 15) is 8.78 Å². The van der Waals surface area contributed by atoms with Gasteiger partial charge in [0.15, 0.2) is 11.6 Å². The molecule has 0 aliphatic heterocycles. The van der Waals surface area contributed by atoms with Crippen molar-refractivity contribution < 1.29 is 8.78 Å². The molecule has 1 aromatic heterocycles. The molecule has 2 nitrogen and oxygen atoms in total. The molecule has 2 aromatic rings. The molecule has 82 valence electrons. The molecule has 0 saturated heterocycles. The van der Waals surface area contributed by atoms with Gasteiger partial charge >= 0.3 is 0 Å². The lowest BCUT2D eigenvalue weighted by atomic mass is 10.3. The van der Waals surface area contributed by atoms with Crippen molar-refractivity contribution in [2.45, 2.75) is 0 Å². The first-order valence-electron chi connectivity index (χ1n) is 4.49. The van der Waals surface area contributed by atoms with E-state index in [-0.39, 0.29) is 0 Å². The highest BCUT2D eigenvalue weighted by atomic mass is 79.9. The van der Waals surface area contributed by atoms with Crippen molar-refractivity contribution in [2.75, 3.05) is 5.32 Å². The highest BCUT2D eigenvalue weighted by molar-refractivity contribution is 9.10. The SMILES string of the molecule is Fc1ccc(Nc2ccc(Br)cn2)cc1F. The van der Waals surface area contributed by atoms with Crippen LogP contribution in [0.3, 0.4) is 0 Å². The highest BCUT2D eigenvalue weighted by Crippen LogP contribution is 2.18. The summed E-state index contributed by atoms with van der Waals surface area (Å²) in [6.45, 7) is 0. The quantitative estimate of drug-likeness (QED) is 0.906. The summed E-state index contributed by atoms with van der Waals surface area (Å²) in [4.78, 5) is 4.05. The van der Waals surface area contributed by atoms with E-state index in [1.54, 1.807) is 18.3 Å². The van der Waals surface area contributed by atoms with E-state index in [0.717, 1.165) is 16.6 Å². The minimum atomic E-state index is -0.887. The second-order valence-electron chi connectivity index (χ2n) is 3.12. The third kappa shape index (κ3) is 2.55. The zero-order valence-corrected chi connectivity index (χ0v) is 9.63. The third-order valence-electron chi connectivity index (χ3n) is 1.92. The van der Waals surface area contributed by atoms with Crippen LogP contribution in [0.4, 0.5) is 20.3 Å². The summed E-state index contributed by atoms with van der Waals surface area (Å²) >= 11 is 3.25. The van der Waals surface area contributed by atoms with Gasteiger partial charge in [0.05, 0.1) is 0 Å². The van der Waals surface area contributed by atoms with Gasteiger partial charge in [0, 0.05) is 22.4 Å². The Kier molecular flexibility index (Phi) is 3.14. The fraction of sp³-hybridized carbons (Fsp3) is 0. The zero-order chi connectivity index (χ0) is 11.5. The first-order valence-corrected chi connectivity index (χ1v) is 5.28. The average Bonchev–Trinajstić information content (AvgIpc) is 2.27. The molecule has 0 fully saturated rings. The van der Waals surface area contributed by atoms with Crippen LogP contribution < -0.4 is 5.32 Å². The van der Waals surface area contributed by atoms with Gasteiger partial charge < -0.3 is 5.32 Å². The van der Waals surface area contributed by atoms with Crippen LogP contribution in [-0.2, 0) is 0 Å². The van der Waals surface area contributed by atoms with Crippen molar-refractivity contribution in [3.8, 4) is 0 Å². The molecule has 0 aliphatic carbocycles. The predicted octanol–water partition coefficient (Wildman–Crippen LogP) is 3.87. The molecule has 1 heterocycles. The lowest BCUT2D eigenvalue weighted by molar-refractivity contribution is 0.509. The minimum Gasteiger partial charge on any atom is -0.340 e. The number of benzene rings is 1. The third-order valence-corrected chi connectivity index (χ3v) is 2.39. The van der Waals surface area contributed by atoms with E-state index in [2.05, 4.69) is 26.2 Å². The summed E-state index contributed by atoms with van der Waals surface area (Å²) in [5.74, 6) is -1.19. The van der Waals surface area contributed by atoms with Gasteiger partial charge in [-0.3, -0.25) is 0 Å². The van der Waals surface area contributed by atoms with Crippen molar-refractivity contribution in [2.24, 2.45) is 0 Å². The topological polar surface area (TPSA) is 24.9 Å². The van der Waals surface area contributed by atoms with Crippen molar-refractivity contribution in [3.63, 3.8) is 0 Å². The molecular formula is C11H7BrF2N2. The summed E-state index contributed by atoms with van der Waals surface area (Å²) in [6.07, 6.45) is 1.61. The minimum absolute atomic E-state index is 0.453. The molecule has 0 amide bonds. The van der Waals surface area contributed by atoms with E-state index >= 15 is 0 Å². The van der Waals surface area contributed by atoms with Gasteiger partial charge in [-0.2, -0.15) is 0 Å². The summed E-state index contributed by atoms with van der Waals surface area (Å²) in [5, 5.41) is 2.86. The fourth-order valence-corrected chi connectivity index (χ4v) is 1.41. The van der Waals surface area contributed by atoms with Gasteiger partial charge in [-0.15, -0.1) is 0 Å². The Bertz CT molecular complexity index is 500. The van der Waals surface area contributed by atoms with Gasteiger partial charge in [0.25, 0.3) is 0 Å². The molecule has 0 aliphatic rings. The molecule has 1 aromatic carbocycles. The van der Waals surface area contributed by atoms with E-state index in [1.165, 1.54) is 6.07 Å². The first kappa shape index (κ1) is 11.0. The Labute approximate surface area is 99.5 Å². The maximum atomic E-state index is 12.9. The Morgan fingerprint density at radius 1 is 1.06 bits per heavy atom. The Morgan fingerprint density at radius 3 is 2.50 bits per heavy atom. The molecule has 0 unspecified atom stereocenters. The lowest BCUT2D eigenvalue weighted by Crippen LogP contribution is -1.94. The van der Waals surface area contributed by atoms with Crippen molar-refractivity contribution in [3.05, 3.63) is 52.6 Å². The van der Waals surface area contributed by atoms with Crippen LogP contribution >= 0.6 is 15.9 Å². The summed E-state index contributed by atoms with van der Waals surface area (Å²) < 4.78 is 26.4. The van der Waals surface area contributed by atoms with Gasteiger partial charge in [-0.1, -0.05) is 0 Å². The Morgan fingerprint density at radius 2 is 1.88 bits per heavy atom. The molecule has 0 radical (unpaired) electrons. The summed E-state index contributed by atoms with van der Waals surface area (Å²) in [5.41, 5.74) is 0.453. The van der Waals surface area contributed by atoms with Crippen molar-refractivity contribution in [1.29, 1.82) is 0 Å². The molecule has 0 saturated carbocycles. The average molecular weight is 285 g/mol. The van der Waals surface area contributed by atoms with Crippen molar-refractivity contribution >= 4 is 27.4 Å². The smallest absolute Gasteiger partial charge is 0.160 e. The predicted molar refractivity (Wildman–Crippen MR) is 61.6 cm³/mol. The standard InChI is InChI=1S/C11H7BrF2N2/c12-7-1-4-11(15-6-7)16-8-2-3-9(13)10(14)5-8/h1-6H,(H,15,16).